The average molecular weight is 255 g/mol. The van der Waals surface area contributed by atoms with E-state index in [0.717, 1.165) is 34.7 Å². The van der Waals surface area contributed by atoms with Gasteiger partial charge in [-0.25, -0.2) is 0 Å². The maximum atomic E-state index is 12.4. The number of aryl methyl sites for hydroxylation is 1. The zero-order valence-corrected chi connectivity index (χ0v) is 11.1. The van der Waals surface area contributed by atoms with Gasteiger partial charge in [-0.3, -0.25) is 4.79 Å². The van der Waals surface area contributed by atoms with Crippen LogP contribution < -0.4 is 0 Å². The largest absolute Gasteiger partial charge is 0.293 e. The third-order valence-electron chi connectivity index (χ3n) is 3.12. The van der Waals surface area contributed by atoms with Gasteiger partial charge in [0.15, 0.2) is 5.78 Å². The fourth-order valence-electron chi connectivity index (χ4n) is 2.05. The maximum Gasteiger partial charge on any atom is 0.178 e. The maximum absolute atomic E-state index is 12.4. The van der Waals surface area contributed by atoms with Gasteiger partial charge >= 0.3 is 0 Å². The summed E-state index contributed by atoms with van der Waals surface area (Å²) in [7, 11) is 0. The van der Waals surface area contributed by atoms with E-state index in [1.807, 2.05) is 25.1 Å². The molecule has 0 saturated carbocycles. The molecule has 0 bridgehead atoms. The van der Waals surface area contributed by atoms with E-state index in [1.165, 1.54) is 0 Å². The van der Waals surface area contributed by atoms with E-state index in [1.54, 1.807) is 11.8 Å². The number of rotatable bonds is 2. The highest BCUT2D eigenvalue weighted by Crippen LogP contribution is 2.40. The Morgan fingerprint density at radius 1 is 1.50 bits per heavy atom. The van der Waals surface area contributed by atoms with Gasteiger partial charge in [-0.2, -0.15) is 0 Å². The number of benzene rings is 1. The fraction of sp³-hybridized carbons (Fsp3) is 0.462. The molecular weight excluding hydrogens is 240 g/mol. The monoisotopic (exact) mass is 254 g/mol. The molecule has 1 nitrogen and oxygen atoms in total. The molecule has 1 fully saturated rings. The van der Waals surface area contributed by atoms with Crippen molar-refractivity contribution < 1.29 is 4.79 Å². The number of hydrogen-bond acceptors (Lipinski definition) is 2. The first kappa shape index (κ1) is 12.0. The van der Waals surface area contributed by atoms with Gasteiger partial charge in [0.25, 0.3) is 0 Å². The zero-order valence-electron chi connectivity index (χ0n) is 9.55. The standard InChI is InChI=1S/C13H15ClOS/c1-9-8-10(4-5-11(9)14)12(15)13(2)6-3-7-16-13/h4-5,8H,3,6-7H2,1-2H3. The molecule has 16 heavy (non-hydrogen) atoms. The Balaban J connectivity index is 2.30. The lowest BCUT2D eigenvalue weighted by molar-refractivity contribution is 0.0949. The van der Waals surface area contributed by atoms with Gasteiger partial charge < -0.3 is 0 Å². The SMILES string of the molecule is Cc1cc(C(=O)C2(C)CCCS2)ccc1Cl. The summed E-state index contributed by atoms with van der Waals surface area (Å²) in [6, 6.07) is 5.55. The van der Waals surface area contributed by atoms with Crippen molar-refractivity contribution in [3.8, 4) is 0 Å². The molecule has 0 aromatic heterocycles. The van der Waals surface area contributed by atoms with Crippen LogP contribution in [0.25, 0.3) is 0 Å². The summed E-state index contributed by atoms with van der Waals surface area (Å²) in [4.78, 5) is 12.4. The molecule has 1 aromatic rings. The third-order valence-corrected chi connectivity index (χ3v) is 5.06. The second kappa shape index (κ2) is 4.42. The number of Topliss-reactive ketones (excluding diaryl/α,β-unsaturated/α-hetero) is 1. The number of carbonyl (C=O) groups is 1. The first-order chi connectivity index (χ1) is 7.53. The summed E-state index contributed by atoms with van der Waals surface area (Å²) in [5, 5.41) is 0.723. The van der Waals surface area contributed by atoms with Crippen molar-refractivity contribution in [3.63, 3.8) is 0 Å². The second-order valence-electron chi connectivity index (χ2n) is 4.48. The van der Waals surface area contributed by atoms with Crippen LogP contribution in [-0.4, -0.2) is 16.3 Å². The van der Waals surface area contributed by atoms with Gasteiger partial charge in [-0.1, -0.05) is 11.6 Å². The fourth-order valence-corrected chi connectivity index (χ4v) is 3.44. The second-order valence-corrected chi connectivity index (χ2v) is 6.48. The van der Waals surface area contributed by atoms with Crippen LogP contribution in [0.3, 0.4) is 0 Å². The van der Waals surface area contributed by atoms with Crippen molar-refractivity contribution in [2.45, 2.75) is 31.4 Å². The lowest BCUT2D eigenvalue weighted by Crippen LogP contribution is -2.28. The minimum Gasteiger partial charge on any atom is -0.293 e. The minimum absolute atomic E-state index is 0.222. The van der Waals surface area contributed by atoms with Crippen LogP contribution in [0.15, 0.2) is 18.2 Å². The molecule has 2 rings (SSSR count). The molecule has 1 atom stereocenters. The Morgan fingerprint density at radius 3 is 2.81 bits per heavy atom. The predicted molar refractivity (Wildman–Crippen MR) is 70.6 cm³/mol. The van der Waals surface area contributed by atoms with Gasteiger partial charge in [0.1, 0.15) is 0 Å². The number of hydrogen-bond donors (Lipinski definition) is 0. The Bertz CT molecular complexity index is 422. The number of carbonyl (C=O) groups excluding carboxylic acids is 1. The molecule has 1 aliphatic heterocycles. The molecule has 0 aliphatic carbocycles. The highest BCUT2D eigenvalue weighted by molar-refractivity contribution is 8.01. The van der Waals surface area contributed by atoms with Gasteiger partial charge in [0, 0.05) is 10.6 Å². The van der Waals surface area contributed by atoms with Crippen molar-refractivity contribution in [1.82, 2.24) is 0 Å². The summed E-state index contributed by atoms with van der Waals surface area (Å²) in [6.07, 6.45) is 2.12. The van der Waals surface area contributed by atoms with Crippen LogP contribution in [0.5, 0.6) is 0 Å². The van der Waals surface area contributed by atoms with Crippen molar-refractivity contribution in [2.75, 3.05) is 5.75 Å². The molecule has 0 spiro atoms. The Morgan fingerprint density at radius 2 is 2.25 bits per heavy atom. The first-order valence-electron chi connectivity index (χ1n) is 5.48. The summed E-state index contributed by atoms with van der Waals surface area (Å²) in [5.41, 5.74) is 1.76. The summed E-state index contributed by atoms with van der Waals surface area (Å²) in [5.74, 6) is 1.34. The Labute approximate surface area is 106 Å². The van der Waals surface area contributed by atoms with Crippen molar-refractivity contribution in [3.05, 3.63) is 34.3 Å². The van der Waals surface area contributed by atoms with Crippen molar-refractivity contribution >= 4 is 29.1 Å². The molecule has 1 saturated heterocycles. The smallest absolute Gasteiger partial charge is 0.178 e. The van der Waals surface area contributed by atoms with Crippen LogP contribution in [0.1, 0.15) is 35.7 Å². The quantitative estimate of drug-likeness (QED) is 0.739. The molecule has 0 N–H and O–H groups in total. The zero-order chi connectivity index (χ0) is 11.8. The number of thioether (sulfide) groups is 1. The van der Waals surface area contributed by atoms with Gasteiger partial charge in [-0.05, 0) is 56.2 Å². The number of halogens is 1. The lowest BCUT2D eigenvalue weighted by atomic mass is 9.94. The van der Waals surface area contributed by atoms with Crippen molar-refractivity contribution in [1.29, 1.82) is 0 Å². The van der Waals surface area contributed by atoms with Crippen LogP contribution in [-0.2, 0) is 0 Å². The molecule has 0 amide bonds. The lowest BCUT2D eigenvalue weighted by Gasteiger charge is -2.21. The van der Waals surface area contributed by atoms with Crippen LogP contribution >= 0.6 is 23.4 Å². The molecule has 1 aromatic carbocycles. The summed E-state index contributed by atoms with van der Waals surface area (Å²) >= 11 is 7.74. The molecular formula is C13H15ClOS. The molecule has 3 heteroatoms. The predicted octanol–water partition coefficient (Wildman–Crippen LogP) is 4.12. The highest BCUT2D eigenvalue weighted by atomic mass is 35.5. The first-order valence-corrected chi connectivity index (χ1v) is 6.84. The summed E-state index contributed by atoms with van der Waals surface area (Å²) in [6.45, 7) is 3.99. The van der Waals surface area contributed by atoms with E-state index < -0.39 is 0 Å². The van der Waals surface area contributed by atoms with Crippen LogP contribution in [0.2, 0.25) is 5.02 Å². The molecule has 1 aliphatic rings. The molecule has 0 radical (unpaired) electrons. The van der Waals surface area contributed by atoms with E-state index in [-0.39, 0.29) is 10.5 Å². The van der Waals surface area contributed by atoms with E-state index in [2.05, 4.69) is 6.92 Å². The highest BCUT2D eigenvalue weighted by Gasteiger charge is 2.37. The van der Waals surface area contributed by atoms with E-state index >= 15 is 0 Å². The van der Waals surface area contributed by atoms with Gasteiger partial charge in [0.05, 0.1) is 4.75 Å². The molecule has 1 unspecified atom stereocenters. The van der Waals surface area contributed by atoms with Crippen molar-refractivity contribution in [2.24, 2.45) is 0 Å². The normalized spacial score (nSPS) is 24.7. The molecule has 86 valence electrons. The van der Waals surface area contributed by atoms with E-state index in [4.69, 9.17) is 11.6 Å². The number of ketones is 1. The van der Waals surface area contributed by atoms with Gasteiger partial charge in [-0.15, -0.1) is 11.8 Å². The molecule has 1 heterocycles. The van der Waals surface area contributed by atoms with Gasteiger partial charge in [0.2, 0.25) is 0 Å². The summed E-state index contributed by atoms with van der Waals surface area (Å²) < 4.78 is -0.222. The average Bonchev–Trinajstić information content (AvgIpc) is 2.70. The Kier molecular flexibility index (Phi) is 3.32. The van der Waals surface area contributed by atoms with E-state index in [9.17, 15) is 4.79 Å². The van der Waals surface area contributed by atoms with E-state index in [0.29, 0.717) is 0 Å². The Hall–Kier alpha value is -0.470. The minimum atomic E-state index is -0.222. The topological polar surface area (TPSA) is 17.1 Å². The third kappa shape index (κ3) is 2.14. The van der Waals surface area contributed by atoms with Crippen LogP contribution in [0, 0.1) is 6.92 Å². The van der Waals surface area contributed by atoms with Crippen LogP contribution in [0.4, 0.5) is 0 Å².